The molecule has 0 aromatic carbocycles. The molecule has 1 heterocycles. The molecule has 0 bridgehead atoms. The lowest BCUT2D eigenvalue weighted by Gasteiger charge is -2.20. The average molecular weight is 198 g/mol. The maximum absolute atomic E-state index is 3.67. The van der Waals surface area contributed by atoms with Crippen LogP contribution in [0.2, 0.25) is 0 Å². The lowest BCUT2D eigenvalue weighted by molar-refractivity contribution is 0.263. The van der Waals surface area contributed by atoms with Crippen molar-refractivity contribution in [3.63, 3.8) is 0 Å². The van der Waals surface area contributed by atoms with Crippen LogP contribution in [0, 0.1) is 11.8 Å². The summed E-state index contributed by atoms with van der Waals surface area (Å²) in [5.41, 5.74) is 0. The van der Waals surface area contributed by atoms with E-state index in [1.807, 2.05) is 0 Å². The molecule has 14 heavy (non-hydrogen) atoms. The van der Waals surface area contributed by atoms with Crippen molar-refractivity contribution >= 4 is 0 Å². The minimum atomic E-state index is 0.697. The third-order valence-electron chi connectivity index (χ3n) is 3.16. The van der Waals surface area contributed by atoms with Gasteiger partial charge < -0.3 is 5.32 Å². The molecule has 1 fully saturated rings. The van der Waals surface area contributed by atoms with Crippen LogP contribution in [0.15, 0.2) is 0 Å². The summed E-state index contributed by atoms with van der Waals surface area (Å²) in [4.78, 5) is 2.57. The standard InChI is InChI=1S/C12H26N2/c1-9(2)6-13-12-8-14(10(3)4)7-11(12)5/h9-13H,6-8H2,1-5H3. The van der Waals surface area contributed by atoms with Gasteiger partial charge in [0.25, 0.3) is 0 Å². The van der Waals surface area contributed by atoms with E-state index < -0.39 is 0 Å². The summed E-state index contributed by atoms with van der Waals surface area (Å²) in [6, 6.07) is 1.41. The smallest absolute Gasteiger partial charge is 0.0233 e. The Morgan fingerprint density at radius 2 is 1.86 bits per heavy atom. The van der Waals surface area contributed by atoms with Crippen LogP contribution in [0.5, 0.6) is 0 Å². The highest BCUT2D eigenvalue weighted by atomic mass is 15.2. The first-order valence-electron chi connectivity index (χ1n) is 5.98. The molecule has 0 saturated carbocycles. The second kappa shape index (κ2) is 5.13. The first kappa shape index (κ1) is 12.0. The molecule has 0 radical (unpaired) electrons. The van der Waals surface area contributed by atoms with Gasteiger partial charge in [0.2, 0.25) is 0 Å². The number of nitrogens with one attached hydrogen (secondary N) is 1. The maximum Gasteiger partial charge on any atom is 0.0233 e. The molecule has 1 N–H and O–H groups in total. The molecule has 1 aliphatic heterocycles. The normalized spacial score (nSPS) is 29.4. The summed E-state index contributed by atoms with van der Waals surface area (Å²) in [5, 5.41) is 3.67. The van der Waals surface area contributed by atoms with Crippen LogP contribution in [-0.2, 0) is 0 Å². The highest BCUT2D eigenvalue weighted by molar-refractivity contribution is 4.88. The topological polar surface area (TPSA) is 15.3 Å². The second-order valence-corrected chi connectivity index (χ2v) is 5.43. The van der Waals surface area contributed by atoms with Crippen LogP contribution in [0.4, 0.5) is 0 Å². The molecule has 1 saturated heterocycles. The van der Waals surface area contributed by atoms with E-state index in [1.54, 1.807) is 0 Å². The Bertz CT molecular complexity index is 166. The minimum absolute atomic E-state index is 0.697. The van der Waals surface area contributed by atoms with E-state index in [0.29, 0.717) is 12.1 Å². The first-order valence-corrected chi connectivity index (χ1v) is 5.98. The number of likely N-dealkylation sites (tertiary alicyclic amines) is 1. The molecule has 0 aliphatic carbocycles. The fourth-order valence-electron chi connectivity index (χ4n) is 2.08. The molecule has 2 unspecified atom stereocenters. The van der Waals surface area contributed by atoms with Crippen molar-refractivity contribution in [2.75, 3.05) is 19.6 Å². The highest BCUT2D eigenvalue weighted by Crippen LogP contribution is 2.18. The van der Waals surface area contributed by atoms with Crippen molar-refractivity contribution in [1.29, 1.82) is 0 Å². The molecule has 1 rings (SSSR count). The number of nitrogens with zero attached hydrogens (tertiary/aromatic N) is 1. The van der Waals surface area contributed by atoms with Crippen LogP contribution in [-0.4, -0.2) is 36.6 Å². The van der Waals surface area contributed by atoms with E-state index in [0.717, 1.165) is 18.4 Å². The maximum atomic E-state index is 3.67. The predicted octanol–water partition coefficient (Wildman–Crippen LogP) is 1.96. The molecule has 0 spiro atoms. The van der Waals surface area contributed by atoms with Crippen molar-refractivity contribution in [3.05, 3.63) is 0 Å². The van der Waals surface area contributed by atoms with Crippen molar-refractivity contribution in [1.82, 2.24) is 10.2 Å². The van der Waals surface area contributed by atoms with Gasteiger partial charge in [-0.25, -0.2) is 0 Å². The van der Waals surface area contributed by atoms with Crippen molar-refractivity contribution in [3.8, 4) is 0 Å². The molecule has 2 atom stereocenters. The zero-order chi connectivity index (χ0) is 10.7. The molecule has 1 aliphatic rings. The molecule has 0 aromatic rings. The number of hydrogen-bond acceptors (Lipinski definition) is 2. The Morgan fingerprint density at radius 3 is 2.29 bits per heavy atom. The van der Waals surface area contributed by atoms with E-state index in [9.17, 15) is 0 Å². The molecular formula is C12H26N2. The average Bonchev–Trinajstić information content (AvgIpc) is 2.43. The van der Waals surface area contributed by atoms with Gasteiger partial charge in [0.05, 0.1) is 0 Å². The van der Waals surface area contributed by atoms with E-state index in [-0.39, 0.29) is 0 Å². The Labute approximate surface area is 89.1 Å². The van der Waals surface area contributed by atoms with Crippen LogP contribution < -0.4 is 5.32 Å². The monoisotopic (exact) mass is 198 g/mol. The van der Waals surface area contributed by atoms with Crippen LogP contribution in [0.3, 0.4) is 0 Å². The van der Waals surface area contributed by atoms with Gasteiger partial charge in [0.15, 0.2) is 0 Å². The Kier molecular flexibility index (Phi) is 4.39. The Morgan fingerprint density at radius 1 is 1.21 bits per heavy atom. The van der Waals surface area contributed by atoms with Crippen molar-refractivity contribution < 1.29 is 0 Å². The summed E-state index contributed by atoms with van der Waals surface area (Å²) in [6.45, 7) is 15.1. The number of rotatable bonds is 4. The van der Waals surface area contributed by atoms with Gasteiger partial charge in [-0.15, -0.1) is 0 Å². The van der Waals surface area contributed by atoms with Crippen LogP contribution in [0.25, 0.3) is 0 Å². The predicted molar refractivity (Wildman–Crippen MR) is 62.5 cm³/mol. The minimum Gasteiger partial charge on any atom is -0.312 e. The number of hydrogen-bond donors (Lipinski definition) is 1. The Hall–Kier alpha value is -0.0800. The highest BCUT2D eigenvalue weighted by Gasteiger charge is 2.30. The summed E-state index contributed by atoms with van der Waals surface area (Å²) in [5.74, 6) is 1.56. The lowest BCUT2D eigenvalue weighted by Crippen LogP contribution is -2.38. The van der Waals surface area contributed by atoms with Gasteiger partial charge in [0.1, 0.15) is 0 Å². The Balaban J connectivity index is 2.33. The summed E-state index contributed by atoms with van der Waals surface area (Å²) in [6.07, 6.45) is 0. The van der Waals surface area contributed by atoms with E-state index in [2.05, 4.69) is 44.8 Å². The largest absolute Gasteiger partial charge is 0.312 e. The second-order valence-electron chi connectivity index (χ2n) is 5.43. The van der Waals surface area contributed by atoms with Crippen molar-refractivity contribution in [2.45, 2.75) is 46.7 Å². The lowest BCUT2D eigenvalue weighted by atomic mass is 10.1. The third-order valence-corrected chi connectivity index (χ3v) is 3.16. The SMILES string of the molecule is CC(C)CNC1CN(C(C)C)CC1C. The van der Waals surface area contributed by atoms with Gasteiger partial charge in [-0.2, -0.15) is 0 Å². The molecule has 0 aromatic heterocycles. The summed E-state index contributed by atoms with van der Waals surface area (Å²) in [7, 11) is 0. The van der Waals surface area contributed by atoms with Crippen LogP contribution in [0.1, 0.15) is 34.6 Å². The summed E-state index contributed by atoms with van der Waals surface area (Å²) >= 11 is 0. The molecular weight excluding hydrogens is 172 g/mol. The summed E-state index contributed by atoms with van der Waals surface area (Å²) < 4.78 is 0. The van der Waals surface area contributed by atoms with Gasteiger partial charge in [-0.1, -0.05) is 20.8 Å². The quantitative estimate of drug-likeness (QED) is 0.743. The van der Waals surface area contributed by atoms with Gasteiger partial charge in [-0.3, -0.25) is 4.90 Å². The fourth-order valence-corrected chi connectivity index (χ4v) is 2.08. The zero-order valence-corrected chi connectivity index (χ0v) is 10.4. The third kappa shape index (κ3) is 3.25. The van der Waals surface area contributed by atoms with E-state index >= 15 is 0 Å². The first-order chi connectivity index (χ1) is 6.50. The molecule has 2 heteroatoms. The van der Waals surface area contributed by atoms with E-state index in [1.165, 1.54) is 13.1 Å². The van der Waals surface area contributed by atoms with Gasteiger partial charge in [-0.05, 0) is 32.2 Å². The van der Waals surface area contributed by atoms with Gasteiger partial charge >= 0.3 is 0 Å². The van der Waals surface area contributed by atoms with E-state index in [4.69, 9.17) is 0 Å². The molecule has 84 valence electrons. The molecule has 0 amide bonds. The molecule has 2 nitrogen and oxygen atoms in total. The van der Waals surface area contributed by atoms with Crippen molar-refractivity contribution in [2.24, 2.45) is 11.8 Å². The van der Waals surface area contributed by atoms with Gasteiger partial charge in [0, 0.05) is 25.2 Å². The zero-order valence-electron chi connectivity index (χ0n) is 10.4. The van der Waals surface area contributed by atoms with Crippen LogP contribution >= 0.6 is 0 Å². The fraction of sp³-hybridized carbons (Fsp3) is 1.00.